The molecule has 1 unspecified atom stereocenters. The summed E-state index contributed by atoms with van der Waals surface area (Å²) < 4.78 is 34.2. The van der Waals surface area contributed by atoms with Crippen LogP contribution in [0.3, 0.4) is 0 Å². The largest absolute Gasteiger partial charge is 0.487 e. The molecular weight excluding hydrogens is 366 g/mol. The van der Waals surface area contributed by atoms with Crippen molar-refractivity contribution in [3.63, 3.8) is 0 Å². The van der Waals surface area contributed by atoms with E-state index in [1.165, 1.54) is 12.1 Å². The number of aromatic nitrogens is 2. The van der Waals surface area contributed by atoms with Crippen LogP contribution in [-0.2, 0) is 0 Å². The van der Waals surface area contributed by atoms with Crippen LogP contribution >= 0.6 is 0 Å². The number of urea groups is 1. The topological polar surface area (TPSA) is 59.4 Å². The van der Waals surface area contributed by atoms with E-state index in [-0.39, 0.29) is 30.0 Å². The molecule has 1 atom stereocenters. The number of rotatable bonds is 5. The van der Waals surface area contributed by atoms with E-state index in [1.807, 2.05) is 31.6 Å². The second kappa shape index (κ2) is 8.58. The molecule has 6 nitrogen and oxygen atoms in total. The second-order valence-electron chi connectivity index (χ2n) is 7.40. The summed E-state index contributed by atoms with van der Waals surface area (Å²) in [6.45, 7) is 7.04. The lowest BCUT2D eigenvalue weighted by atomic mass is 10.1. The van der Waals surface area contributed by atoms with Gasteiger partial charge in [-0.05, 0) is 32.9 Å². The van der Waals surface area contributed by atoms with Gasteiger partial charge in [-0.3, -0.25) is 4.68 Å². The van der Waals surface area contributed by atoms with E-state index in [4.69, 9.17) is 4.74 Å². The molecule has 1 fully saturated rings. The molecule has 8 heteroatoms. The van der Waals surface area contributed by atoms with Gasteiger partial charge in [-0.1, -0.05) is 0 Å². The number of benzene rings is 1. The Morgan fingerprint density at radius 2 is 1.96 bits per heavy atom. The first-order chi connectivity index (χ1) is 13.3. The summed E-state index contributed by atoms with van der Waals surface area (Å²) in [6.07, 6.45) is 4.67. The van der Waals surface area contributed by atoms with E-state index < -0.39 is 11.6 Å². The van der Waals surface area contributed by atoms with Crippen LogP contribution in [0.25, 0.3) is 0 Å². The van der Waals surface area contributed by atoms with Crippen molar-refractivity contribution in [1.29, 1.82) is 0 Å². The smallest absolute Gasteiger partial charge is 0.317 e. The standard InChI is InChI=1S/C20H26F2N4O2/c1-13(2)26-12-15(11-23-26)14(3)24-20(27)25-8-6-17(7-9-25)28-19-5-4-16(21)10-18(19)22/h4-5,10-14,17H,6-9H2,1-3H3,(H,24,27). The van der Waals surface area contributed by atoms with Gasteiger partial charge >= 0.3 is 6.03 Å². The predicted octanol–water partition coefficient (Wildman–Crippen LogP) is 4.06. The monoisotopic (exact) mass is 392 g/mol. The van der Waals surface area contributed by atoms with Crippen LogP contribution in [0.15, 0.2) is 30.6 Å². The van der Waals surface area contributed by atoms with E-state index in [0.29, 0.717) is 25.9 Å². The summed E-state index contributed by atoms with van der Waals surface area (Å²) in [5.41, 5.74) is 0.951. The van der Waals surface area contributed by atoms with Crippen LogP contribution < -0.4 is 10.1 Å². The van der Waals surface area contributed by atoms with Crippen molar-refractivity contribution in [2.24, 2.45) is 0 Å². The molecule has 2 amide bonds. The Morgan fingerprint density at radius 1 is 1.25 bits per heavy atom. The average molecular weight is 392 g/mol. The van der Waals surface area contributed by atoms with Crippen molar-refractivity contribution < 1.29 is 18.3 Å². The molecule has 1 saturated heterocycles. The Kier molecular flexibility index (Phi) is 6.16. The number of carbonyl (C=O) groups excluding carboxylic acids is 1. The lowest BCUT2D eigenvalue weighted by Crippen LogP contribution is -2.47. The first-order valence-corrected chi connectivity index (χ1v) is 9.54. The van der Waals surface area contributed by atoms with E-state index in [9.17, 15) is 13.6 Å². The summed E-state index contributed by atoms with van der Waals surface area (Å²) >= 11 is 0. The third-order valence-electron chi connectivity index (χ3n) is 4.91. The molecule has 0 bridgehead atoms. The Hall–Kier alpha value is -2.64. The number of ether oxygens (including phenoxy) is 1. The summed E-state index contributed by atoms with van der Waals surface area (Å²) in [5.74, 6) is -1.31. The van der Waals surface area contributed by atoms with Gasteiger partial charge in [0.05, 0.1) is 12.2 Å². The van der Waals surface area contributed by atoms with E-state index in [0.717, 1.165) is 11.6 Å². The first-order valence-electron chi connectivity index (χ1n) is 9.54. The summed E-state index contributed by atoms with van der Waals surface area (Å²) in [4.78, 5) is 14.3. The number of nitrogens with one attached hydrogen (secondary N) is 1. The third-order valence-corrected chi connectivity index (χ3v) is 4.91. The number of halogens is 2. The van der Waals surface area contributed by atoms with Crippen molar-refractivity contribution in [3.05, 3.63) is 47.8 Å². The lowest BCUT2D eigenvalue weighted by Gasteiger charge is -2.33. The van der Waals surface area contributed by atoms with Gasteiger partial charge in [0.15, 0.2) is 11.6 Å². The zero-order valence-electron chi connectivity index (χ0n) is 16.4. The quantitative estimate of drug-likeness (QED) is 0.835. The molecule has 1 aromatic heterocycles. The normalized spacial score (nSPS) is 16.3. The highest BCUT2D eigenvalue weighted by molar-refractivity contribution is 5.74. The summed E-state index contributed by atoms with van der Waals surface area (Å²) in [7, 11) is 0. The van der Waals surface area contributed by atoms with Crippen LogP contribution in [0, 0.1) is 11.6 Å². The molecule has 28 heavy (non-hydrogen) atoms. The molecule has 0 radical (unpaired) electrons. The maximum absolute atomic E-state index is 13.7. The number of amides is 2. The molecule has 0 saturated carbocycles. The maximum atomic E-state index is 13.7. The number of hydrogen-bond donors (Lipinski definition) is 1. The zero-order valence-corrected chi connectivity index (χ0v) is 16.4. The Labute approximate surface area is 163 Å². The predicted molar refractivity (Wildman–Crippen MR) is 101 cm³/mol. The second-order valence-corrected chi connectivity index (χ2v) is 7.40. The van der Waals surface area contributed by atoms with E-state index >= 15 is 0 Å². The fourth-order valence-electron chi connectivity index (χ4n) is 3.15. The summed E-state index contributed by atoms with van der Waals surface area (Å²) in [5, 5.41) is 7.29. The minimum absolute atomic E-state index is 0.0417. The number of carbonyl (C=O) groups is 1. The third kappa shape index (κ3) is 4.79. The van der Waals surface area contributed by atoms with Gasteiger partial charge in [0.1, 0.15) is 11.9 Å². The van der Waals surface area contributed by atoms with E-state index in [2.05, 4.69) is 10.4 Å². The molecule has 2 heterocycles. The van der Waals surface area contributed by atoms with Crippen molar-refractivity contribution in [2.75, 3.05) is 13.1 Å². The number of piperidine rings is 1. The highest BCUT2D eigenvalue weighted by Crippen LogP contribution is 2.23. The van der Waals surface area contributed by atoms with Gasteiger partial charge in [0, 0.05) is 49.8 Å². The van der Waals surface area contributed by atoms with Gasteiger partial charge in [-0.25, -0.2) is 13.6 Å². The Morgan fingerprint density at radius 3 is 2.57 bits per heavy atom. The lowest BCUT2D eigenvalue weighted by molar-refractivity contribution is 0.106. The Bertz CT molecular complexity index is 816. The number of hydrogen-bond acceptors (Lipinski definition) is 3. The molecule has 1 N–H and O–H groups in total. The fourth-order valence-corrected chi connectivity index (χ4v) is 3.15. The molecule has 152 valence electrons. The minimum Gasteiger partial charge on any atom is -0.487 e. The Balaban J connectivity index is 1.49. The van der Waals surface area contributed by atoms with Crippen LogP contribution in [-0.4, -0.2) is 39.9 Å². The van der Waals surface area contributed by atoms with Crippen molar-refractivity contribution in [2.45, 2.75) is 51.8 Å². The molecule has 0 spiro atoms. The van der Waals surface area contributed by atoms with Crippen molar-refractivity contribution in [1.82, 2.24) is 20.0 Å². The van der Waals surface area contributed by atoms with Crippen LogP contribution in [0.5, 0.6) is 5.75 Å². The number of likely N-dealkylation sites (tertiary alicyclic amines) is 1. The zero-order chi connectivity index (χ0) is 20.3. The summed E-state index contributed by atoms with van der Waals surface area (Å²) in [6, 6.07) is 3.24. The average Bonchev–Trinajstić information content (AvgIpc) is 3.15. The van der Waals surface area contributed by atoms with Gasteiger partial charge in [0.25, 0.3) is 0 Å². The van der Waals surface area contributed by atoms with E-state index in [1.54, 1.807) is 11.1 Å². The highest BCUT2D eigenvalue weighted by atomic mass is 19.1. The van der Waals surface area contributed by atoms with Crippen LogP contribution in [0.1, 0.15) is 51.3 Å². The van der Waals surface area contributed by atoms with Gasteiger partial charge in [-0.2, -0.15) is 5.10 Å². The molecule has 3 rings (SSSR count). The maximum Gasteiger partial charge on any atom is 0.317 e. The SMILES string of the molecule is CC(NC(=O)N1CCC(Oc2ccc(F)cc2F)CC1)c1cnn(C(C)C)c1. The molecule has 0 aliphatic carbocycles. The minimum atomic E-state index is -0.712. The molecule has 2 aromatic rings. The van der Waals surface area contributed by atoms with Crippen molar-refractivity contribution >= 4 is 6.03 Å². The highest BCUT2D eigenvalue weighted by Gasteiger charge is 2.25. The van der Waals surface area contributed by atoms with Gasteiger partial charge in [0.2, 0.25) is 0 Å². The first kappa shape index (κ1) is 20.1. The molecular formula is C20H26F2N4O2. The number of nitrogens with zero attached hydrogens (tertiary/aromatic N) is 3. The van der Waals surface area contributed by atoms with Gasteiger partial charge < -0.3 is 15.0 Å². The van der Waals surface area contributed by atoms with Gasteiger partial charge in [-0.15, -0.1) is 0 Å². The van der Waals surface area contributed by atoms with Crippen LogP contribution in [0.2, 0.25) is 0 Å². The molecule has 1 aliphatic heterocycles. The van der Waals surface area contributed by atoms with Crippen molar-refractivity contribution in [3.8, 4) is 5.75 Å². The van der Waals surface area contributed by atoms with Crippen LogP contribution in [0.4, 0.5) is 13.6 Å². The fraction of sp³-hybridized carbons (Fsp3) is 0.500. The molecule has 1 aliphatic rings. The molecule has 1 aromatic carbocycles.